The molecule has 1 aromatic rings. The highest BCUT2D eigenvalue weighted by atomic mass is 32.2. The summed E-state index contributed by atoms with van der Waals surface area (Å²) in [6, 6.07) is 7.05. The van der Waals surface area contributed by atoms with Gasteiger partial charge in [-0.3, -0.25) is 0 Å². The van der Waals surface area contributed by atoms with Gasteiger partial charge in [0.2, 0.25) is 10.0 Å². The van der Waals surface area contributed by atoms with E-state index in [1.54, 1.807) is 30.0 Å². The van der Waals surface area contributed by atoms with Crippen LogP contribution in [0.2, 0.25) is 0 Å². The summed E-state index contributed by atoms with van der Waals surface area (Å²) in [5.74, 6) is 0. The summed E-state index contributed by atoms with van der Waals surface area (Å²) in [5, 5.41) is 3.33. The maximum Gasteiger partial charge on any atom is 0.240 e. The third-order valence-electron chi connectivity index (χ3n) is 3.73. The molecule has 0 bridgehead atoms. The molecule has 1 saturated heterocycles. The summed E-state index contributed by atoms with van der Waals surface area (Å²) in [5.41, 5.74) is 0.00242. The molecule has 1 fully saturated rings. The number of hydrogen-bond acceptors (Lipinski definition) is 4. The fraction of sp³-hybridized carbons (Fsp3) is 0.571. The fourth-order valence-corrected chi connectivity index (χ4v) is 4.17. The first-order valence-corrected chi connectivity index (χ1v) is 9.50. The van der Waals surface area contributed by atoms with Gasteiger partial charge in [0.1, 0.15) is 0 Å². The first kappa shape index (κ1) is 15.8. The molecule has 1 aliphatic heterocycles. The summed E-state index contributed by atoms with van der Waals surface area (Å²) in [4.78, 5) is 1.30. The molecule has 112 valence electrons. The van der Waals surface area contributed by atoms with Gasteiger partial charge in [-0.25, -0.2) is 13.1 Å². The summed E-state index contributed by atoms with van der Waals surface area (Å²) in [6.45, 7) is 4.49. The van der Waals surface area contributed by atoms with Crippen LogP contribution in [0.25, 0.3) is 0 Å². The van der Waals surface area contributed by atoms with Crippen molar-refractivity contribution in [2.24, 2.45) is 5.41 Å². The third-order valence-corrected chi connectivity index (χ3v) is 5.85. The van der Waals surface area contributed by atoms with Gasteiger partial charge in [-0.1, -0.05) is 13.0 Å². The maximum absolute atomic E-state index is 12.3. The van der Waals surface area contributed by atoms with E-state index in [1.807, 2.05) is 12.3 Å². The Morgan fingerprint density at radius 1 is 1.45 bits per heavy atom. The Kier molecular flexibility index (Phi) is 5.12. The van der Waals surface area contributed by atoms with E-state index in [0.29, 0.717) is 11.4 Å². The number of hydrogen-bond donors (Lipinski definition) is 2. The lowest BCUT2D eigenvalue weighted by Crippen LogP contribution is -2.45. The number of sulfonamides is 1. The Hall–Kier alpha value is -0.560. The van der Waals surface area contributed by atoms with Crippen molar-refractivity contribution in [1.82, 2.24) is 10.0 Å². The average Bonchev–Trinajstić information content (AvgIpc) is 2.46. The zero-order valence-electron chi connectivity index (χ0n) is 12.0. The van der Waals surface area contributed by atoms with Gasteiger partial charge in [0, 0.05) is 18.0 Å². The minimum atomic E-state index is -3.42. The monoisotopic (exact) mass is 314 g/mol. The van der Waals surface area contributed by atoms with E-state index < -0.39 is 10.0 Å². The minimum Gasteiger partial charge on any atom is -0.316 e. The van der Waals surface area contributed by atoms with Crippen molar-refractivity contribution in [3.63, 3.8) is 0 Å². The Balaban J connectivity index is 2.06. The smallest absolute Gasteiger partial charge is 0.240 e. The molecule has 1 heterocycles. The van der Waals surface area contributed by atoms with Gasteiger partial charge in [-0.05, 0) is 49.3 Å². The largest absolute Gasteiger partial charge is 0.316 e. The lowest BCUT2D eigenvalue weighted by atomic mass is 9.83. The average molecular weight is 314 g/mol. The summed E-state index contributed by atoms with van der Waals surface area (Å²) < 4.78 is 27.4. The first-order chi connectivity index (χ1) is 9.45. The van der Waals surface area contributed by atoms with Crippen LogP contribution >= 0.6 is 11.8 Å². The van der Waals surface area contributed by atoms with Crippen LogP contribution in [0.3, 0.4) is 0 Å². The SMILES string of the molecule is CSc1cccc(S(=O)(=O)NCC2(C)CCCNC2)c1. The van der Waals surface area contributed by atoms with Crippen molar-refractivity contribution < 1.29 is 8.42 Å². The zero-order chi connectivity index (χ0) is 14.6. The van der Waals surface area contributed by atoms with Gasteiger partial charge in [0.15, 0.2) is 0 Å². The van der Waals surface area contributed by atoms with Crippen LogP contribution in [0.4, 0.5) is 0 Å². The first-order valence-electron chi connectivity index (χ1n) is 6.80. The summed E-state index contributed by atoms with van der Waals surface area (Å²) in [6.07, 6.45) is 4.08. The molecule has 0 aromatic heterocycles. The molecule has 6 heteroatoms. The van der Waals surface area contributed by atoms with Crippen LogP contribution in [0, 0.1) is 5.41 Å². The maximum atomic E-state index is 12.3. The zero-order valence-corrected chi connectivity index (χ0v) is 13.6. The van der Waals surface area contributed by atoms with Crippen molar-refractivity contribution in [1.29, 1.82) is 0 Å². The van der Waals surface area contributed by atoms with Crippen molar-refractivity contribution >= 4 is 21.8 Å². The third kappa shape index (κ3) is 3.97. The van der Waals surface area contributed by atoms with Crippen molar-refractivity contribution in [2.45, 2.75) is 29.6 Å². The quantitative estimate of drug-likeness (QED) is 0.817. The van der Waals surface area contributed by atoms with Gasteiger partial charge in [0.05, 0.1) is 4.90 Å². The van der Waals surface area contributed by atoms with E-state index in [4.69, 9.17) is 0 Å². The van der Waals surface area contributed by atoms with E-state index >= 15 is 0 Å². The number of piperidine rings is 1. The fourth-order valence-electron chi connectivity index (χ4n) is 2.39. The Morgan fingerprint density at radius 2 is 2.25 bits per heavy atom. The Morgan fingerprint density at radius 3 is 2.90 bits per heavy atom. The van der Waals surface area contributed by atoms with Crippen LogP contribution in [0.5, 0.6) is 0 Å². The van der Waals surface area contributed by atoms with Crippen molar-refractivity contribution in [2.75, 3.05) is 25.9 Å². The molecule has 2 rings (SSSR count). The van der Waals surface area contributed by atoms with Gasteiger partial charge < -0.3 is 5.32 Å². The van der Waals surface area contributed by atoms with Crippen LogP contribution in [-0.4, -0.2) is 34.3 Å². The normalized spacial score (nSPS) is 23.7. The van der Waals surface area contributed by atoms with Crippen LogP contribution < -0.4 is 10.0 Å². The molecule has 0 amide bonds. The van der Waals surface area contributed by atoms with Crippen molar-refractivity contribution in [3.8, 4) is 0 Å². The molecule has 20 heavy (non-hydrogen) atoms. The molecule has 2 N–H and O–H groups in total. The van der Waals surface area contributed by atoms with E-state index in [0.717, 1.165) is 30.8 Å². The van der Waals surface area contributed by atoms with Gasteiger partial charge in [-0.2, -0.15) is 0 Å². The molecule has 0 radical (unpaired) electrons. The lowest BCUT2D eigenvalue weighted by molar-refractivity contribution is 0.238. The molecule has 1 atom stereocenters. The molecule has 0 saturated carbocycles. The highest BCUT2D eigenvalue weighted by Crippen LogP contribution is 2.25. The van der Waals surface area contributed by atoms with E-state index in [-0.39, 0.29) is 5.41 Å². The lowest BCUT2D eigenvalue weighted by Gasteiger charge is -2.34. The number of rotatable bonds is 5. The summed E-state index contributed by atoms with van der Waals surface area (Å²) >= 11 is 1.54. The minimum absolute atomic E-state index is 0.00242. The second-order valence-corrected chi connectivity index (χ2v) is 8.24. The molecule has 1 unspecified atom stereocenters. The van der Waals surface area contributed by atoms with Gasteiger partial charge >= 0.3 is 0 Å². The van der Waals surface area contributed by atoms with E-state index in [1.165, 1.54) is 0 Å². The standard InChI is InChI=1S/C14H22N2O2S2/c1-14(7-4-8-15-10-14)11-16-20(17,18)13-6-3-5-12(9-13)19-2/h3,5-6,9,15-16H,4,7-8,10-11H2,1-2H3. The highest BCUT2D eigenvalue weighted by molar-refractivity contribution is 7.98. The van der Waals surface area contributed by atoms with E-state index in [9.17, 15) is 8.42 Å². The summed E-state index contributed by atoms with van der Waals surface area (Å²) in [7, 11) is -3.42. The predicted molar refractivity (Wildman–Crippen MR) is 83.6 cm³/mol. The topological polar surface area (TPSA) is 58.2 Å². The van der Waals surface area contributed by atoms with Crippen molar-refractivity contribution in [3.05, 3.63) is 24.3 Å². The van der Waals surface area contributed by atoms with Crippen LogP contribution in [0.15, 0.2) is 34.1 Å². The molecule has 0 spiro atoms. The van der Waals surface area contributed by atoms with Gasteiger partial charge in [-0.15, -0.1) is 11.8 Å². The molecule has 0 aliphatic carbocycles. The Bertz CT molecular complexity index is 552. The second kappa shape index (κ2) is 6.47. The van der Waals surface area contributed by atoms with E-state index in [2.05, 4.69) is 17.0 Å². The molecule has 1 aliphatic rings. The van der Waals surface area contributed by atoms with Crippen LogP contribution in [0.1, 0.15) is 19.8 Å². The molecule has 1 aromatic carbocycles. The number of benzene rings is 1. The van der Waals surface area contributed by atoms with Crippen LogP contribution in [-0.2, 0) is 10.0 Å². The molecular formula is C14H22N2O2S2. The number of thioether (sulfide) groups is 1. The Labute approximate surface area is 125 Å². The molecule has 4 nitrogen and oxygen atoms in total. The second-order valence-electron chi connectivity index (χ2n) is 5.59. The highest BCUT2D eigenvalue weighted by Gasteiger charge is 2.28. The molecular weight excluding hydrogens is 292 g/mol. The predicted octanol–water partition coefficient (Wildman–Crippen LogP) is 2.08. The number of nitrogens with one attached hydrogen (secondary N) is 2. The van der Waals surface area contributed by atoms with Gasteiger partial charge in [0.25, 0.3) is 0 Å².